The number of piperidine rings is 1. The zero-order valence-electron chi connectivity index (χ0n) is 12.7. The Morgan fingerprint density at radius 3 is 2.35 bits per heavy atom. The summed E-state index contributed by atoms with van der Waals surface area (Å²) in [5.74, 6) is 2.85. The number of fused-ring (bicyclic) bond motifs is 2. The molecule has 1 saturated heterocycles. The molecule has 3 aliphatic rings. The summed E-state index contributed by atoms with van der Waals surface area (Å²) in [4.78, 5) is 0. The van der Waals surface area contributed by atoms with Crippen LogP contribution >= 0.6 is 0 Å². The van der Waals surface area contributed by atoms with E-state index in [-0.39, 0.29) is 6.04 Å². The average molecular weight is 300 g/mol. The van der Waals surface area contributed by atoms with Crippen LogP contribution in [0.1, 0.15) is 52.4 Å². The standard InChI is InChI=1S/C15H28N2O2S/c1-11-5-7-17(8-6-11)20(18,19)16-12(2)15-10-13-3-4-14(15)9-13/h11-16H,3-10H2,1-2H3/t12-,13-,14-,15-/m1/s1. The molecule has 0 aromatic carbocycles. The van der Waals surface area contributed by atoms with E-state index in [0.29, 0.717) is 24.9 Å². The predicted octanol–water partition coefficient (Wildman–Crippen LogP) is 2.38. The van der Waals surface area contributed by atoms with Crippen molar-refractivity contribution in [3.63, 3.8) is 0 Å². The lowest BCUT2D eigenvalue weighted by Crippen LogP contribution is -2.49. The van der Waals surface area contributed by atoms with Crippen LogP contribution in [0.2, 0.25) is 0 Å². The Morgan fingerprint density at radius 1 is 1.10 bits per heavy atom. The fourth-order valence-electron chi connectivity index (χ4n) is 4.53. The van der Waals surface area contributed by atoms with Gasteiger partial charge in [-0.2, -0.15) is 17.4 Å². The molecular weight excluding hydrogens is 272 g/mol. The zero-order valence-corrected chi connectivity index (χ0v) is 13.5. The predicted molar refractivity (Wildman–Crippen MR) is 80.4 cm³/mol. The smallest absolute Gasteiger partial charge is 0.199 e. The molecule has 116 valence electrons. The summed E-state index contributed by atoms with van der Waals surface area (Å²) in [6, 6.07) is 0.0923. The molecule has 4 atom stereocenters. The molecule has 1 N–H and O–H groups in total. The second-order valence-corrected chi connectivity index (χ2v) is 9.03. The Kier molecular flexibility index (Phi) is 4.13. The van der Waals surface area contributed by atoms with Crippen LogP contribution in [0.25, 0.3) is 0 Å². The van der Waals surface area contributed by atoms with Gasteiger partial charge in [-0.3, -0.25) is 0 Å². The van der Waals surface area contributed by atoms with Crippen LogP contribution in [0.5, 0.6) is 0 Å². The van der Waals surface area contributed by atoms with E-state index in [9.17, 15) is 8.42 Å². The van der Waals surface area contributed by atoms with Gasteiger partial charge in [0.05, 0.1) is 0 Å². The van der Waals surface area contributed by atoms with E-state index >= 15 is 0 Å². The van der Waals surface area contributed by atoms with E-state index in [1.54, 1.807) is 4.31 Å². The summed E-state index contributed by atoms with van der Waals surface area (Å²) in [6.07, 6.45) is 7.21. The van der Waals surface area contributed by atoms with Gasteiger partial charge in [-0.25, -0.2) is 0 Å². The van der Waals surface area contributed by atoms with Crippen molar-refractivity contribution in [3.05, 3.63) is 0 Å². The third-order valence-corrected chi connectivity index (χ3v) is 7.57. The van der Waals surface area contributed by atoms with Crippen molar-refractivity contribution < 1.29 is 8.42 Å². The molecule has 20 heavy (non-hydrogen) atoms. The molecule has 0 spiro atoms. The first kappa shape index (κ1) is 14.8. The quantitative estimate of drug-likeness (QED) is 0.866. The number of nitrogens with one attached hydrogen (secondary N) is 1. The molecule has 3 fully saturated rings. The second-order valence-electron chi connectivity index (χ2n) is 7.33. The van der Waals surface area contributed by atoms with Gasteiger partial charge < -0.3 is 0 Å². The number of nitrogens with zero attached hydrogens (tertiary/aromatic N) is 1. The number of hydrogen-bond donors (Lipinski definition) is 1. The molecule has 0 aromatic rings. The highest BCUT2D eigenvalue weighted by Gasteiger charge is 2.43. The molecule has 1 heterocycles. The first-order chi connectivity index (χ1) is 9.45. The van der Waals surface area contributed by atoms with Gasteiger partial charge in [-0.1, -0.05) is 13.3 Å². The Hall–Kier alpha value is -0.130. The van der Waals surface area contributed by atoms with Crippen LogP contribution in [-0.2, 0) is 10.2 Å². The van der Waals surface area contributed by atoms with Gasteiger partial charge in [-0.15, -0.1) is 0 Å². The molecule has 3 rings (SSSR count). The van der Waals surface area contributed by atoms with Gasteiger partial charge in [0.25, 0.3) is 10.2 Å². The van der Waals surface area contributed by atoms with Crippen molar-refractivity contribution in [3.8, 4) is 0 Å². The molecule has 0 aromatic heterocycles. The van der Waals surface area contributed by atoms with Crippen molar-refractivity contribution in [2.24, 2.45) is 23.7 Å². The Balaban J connectivity index is 1.58. The molecule has 2 bridgehead atoms. The Bertz CT molecular complexity index is 443. The van der Waals surface area contributed by atoms with Crippen molar-refractivity contribution in [1.82, 2.24) is 9.03 Å². The van der Waals surface area contributed by atoms with Crippen LogP contribution in [-0.4, -0.2) is 31.9 Å². The van der Waals surface area contributed by atoms with Crippen LogP contribution in [0.15, 0.2) is 0 Å². The van der Waals surface area contributed by atoms with E-state index in [1.165, 1.54) is 25.7 Å². The maximum Gasteiger partial charge on any atom is 0.279 e. The minimum absolute atomic E-state index is 0.0923. The summed E-state index contributed by atoms with van der Waals surface area (Å²) in [7, 11) is -3.28. The van der Waals surface area contributed by atoms with Crippen LogP contribution in [0, 0.1) is 23.7 Å². The third kappa shape index (κ3) is 2.90. The normalized spacial score (nSPS) is 37.4. The van der Waals surface area contributed by atoms with Crippen LogP contribution < -0.4 is 4.72 Å². The van der Waals surface area contributed by atoms with Gasteiger partial charge in [-0.05, 0) is 62.7 Å². The van der Waals surface area contributed by atoms with E-state index in [0.717, 1.165) is 24.7 Å². The molecular formula is C15H28N2O2S. The van der Waals surface area contributed by atoms with Crippen molar-refractivity contribution in [2.45, 2.75) is 58.4 Å². The van der Waals surface area contributed by atoms with Crippen molar-refractivity contribution in [1.29, 1.82) is 0 Å². The summed E-state index contributed by atoms with van der Waals surface area (Å²) in [6.45, 7) is 5.63. The van der Waals surface area contributed by atoms with Gasteiger partial charge in [0.2, 0.25) is 0 Å². The first-order valence-electron chi connectivity index (χ1n) is 8.23. The van der Waals surface area contributed by atoms with Crippen molar-refractivity contribution in [2.75, 3.05) is 13.1 Å². The SMILES string of the molecule is CC1CCN(S(=O)(=O)N[C@H](C)[C@H]2C[C@@H]3CC[C@@H]2C3)CC1. The average Bonchev–Trinajstić information content (AvgIpc) is 3.01. The Labute approximate surface area is 123 Å². The van der Waals surface area contributed by atoms with Gasteiger partial charge >= 0.3 is 0 Å². The molecule has 0 radical (unpaired) electrons. The van der Waals surface area contributed by atoms with E-state index in [1.807, 2.05) is 0 Å². The number of rotatable bonds is 4. The fraction of sp³-hybridized carbons (Fsp3) is 1.00. The lowest BCUT2D eigenvalue weighted by molar-refractivity contribution is 0.261. The van der Waals surface area contributed by atoms with E-state index in [4.69, 9.17) is 0 Å². The van der Waals surface area contributed by atoms with Gasteiger partial charge in [0.15, 0.2) is 0 Å². The summed E-state index contributed by atoms with van der Waals surface area (Å²) in [5.41, 5.74) is 0. The third-order valence-electron chi connectivity index (χ3n) is 5.85. The Morgan fingerprint density at radius 2 is 1.80 bits per heavy atom. The van der Waals surface area contributed by atoms with Gasteiger partial charge in [0.1, 0.15) is 0 Å². The van der Waals surface area contributed by atoms with E-state index in [2.05, 4.69) is 18.6 Å². The monoisotopic (exact) mass is 300 g/mol. The topological polar surface area (TPSA) is 49.4 Å². The molecule has 1 aliphatic heterocycles. The minimum atomic E-state index is -3.28. The molecule has 5 heteroatoms. The zero-order chi connectivity index (χ0) is 14.3. The largest absolute Gasteiger partial charge is 0.279 e. The highest BCUT2D eigenvalue weighted by atomic mass is 32.2. The molecule has 2 saturated carbocycles. The lowest BCUT2D eigenvalue weighted by atomic mass is 9.84. The second kappa shape index (κ2) is 5.58. The summed E-state index contributed by atoms with van der Waals surface area (Å²) < 4.78 is 29.6. The van der Waals surface area contributed by atoms with Crippen LogP contribution in [0.4, 0.5) is 0 Å². The summed E-state index contributed by atoms with van der Waals surface area (Å²) in [5, 5.41) is 0. The highest BCUT2D eigenvalue weighted by Crippen LogP contribution is 2.49. The lowest BCUT2D eigenvalue weighted by Gasteiger charge is -2.33. The fourth-order valence-corrected chi connectivity index (χ4v) is 6.01. The minimum Gasteiger partial charge on any atom is -0.199 e. The van der Waals surface area contributed by atoms with E-state index < -0.39 is 10.2 Å². The molecule has 4 nitrogen and oxygen atoms in total. The molecule has 0 amide bonds. The van der Waals surface area contributed by atoms with Crippen LogP contribution in [0.3, 0.4) is 0 Å². The van der Waals surface area contributed by atoms with Crippen molar-refractivity contribution >= 4 is 10.2 Å². The highest BCUT2D eigenvalue weighted by molar-refractivity contribution is 7.87. The first-order valence-corrected chi connectivity index (χ1v) is 9.67. The molecule has 2 aliphatic carbocycles. The summed E-state index contributed by atoms with van der Waals surface area (Å²) >= 11 is 0. The maximum atomic E-state index is 12.5. The maximum absolute atomic E-state index is 12.5. The number of hydrogen-bond acceptors (Lipinski definition) is 2. The van der Waals surface area contributed by atoms with Gasteiger partial charge in [0, 0.05) is 19.1 Å². The molecule has 0 unspecified atom stereocenters.